The Labute approximate surface area is 199 Å². The van der Waals surface area contributed by atoms with Gasteiger partial charge in [-0.05, 0) is 49.2 Å². The molecular weight excluding hydrogens is 492 g/mol. The average molecular weight is 515 g/mol. The maximum atomic E-state index is 12.7. The first-order chi connectivity index (χ1) is 15.9. The lowest BCUT2D eigenvalue weighted by Gasteiger charge is -2.17. The van der Waals surface area contributed by atoms with Crippen LogP contribution in [0.2, 0.25) is 0 Å². The molecule has 2 unspecified atom stereocenters. The molecule has 2 fully saturated rings. The summed E-state index contributed by atoms with van der Waals surface area (Å²) < 4.78 is 11.5. The molecule has 2 aromatic rings. The topological polar surface area (TPSA) is 102 Å². The maximum absolute atomic E-state index is 12.7. The predicted octanol–water partition coefficient (Wildman–Crippen LogP) is 2.89. The average Bonchev–Trinajstić information content (AvgIpc) is 3.44. The highest BCUT2D eigenvalue weighted by Crippen LogP contribution is 2.24. The fraction of sp³-hybridized carbons (Fsp3) is 0.333. The van der Waals surface area contributed by atoms with Gasteiger partial charge >= 0.3 is 5.97 Å². The number of hydrogen-bond donors (Lipinski definition) is 1. The molecule has 2 atom stereocenters. The summed E-state index contributed by atoms with van der Waals surface area (Å²) in [6.07, 6.45) is 2.09. The normalized spacial score (nSPS) is 20.3. The Kier molecular flexibility index (Phi) is 7.32. The number of imide groups is 1. The van der Waals surface area contributed by atoms with Gasteiger partial charge in [-0.25, -0.2) is 9.69 Å². The number of nitrogens with zero attached hydrogens (tertiary/aromatic N) is 1. The lowest BCUT2D eigenvalue weighted by molar-refractivity contribution is -0.121. The second kappa shape index (κ2) is 10.4. The number of ether oxygens (including phenoxy) is 2. The quantitative estimate of drug-likeness (QED) is 0.328. The van der Waals surface area contributed by atoms with Gasteiger partial charge in [0.15, 0.2) is 12.4 Å². The Morgan fingerprint density at radius 1 is 1.06 bits per heavy atom. The van der Waals surface area contributed by atoms with Crippen molar-refractivity contribution in [3.05, 3.63) is 64.1 Å². The Hall–Kier alpha value is -2.88. The molecule has 2 heterocycles. The van der Waals surface area contributed by atoms with E-state index >= 15 is 0 Å². The van der Waals surface area contributed by atoms with Gasteiger partial charge in [0.2, 0.25) is 5.91 Å². The van der Waals surface area contributed by atoms with Gasteiger partial charge in [-0.2, -0.15) is 0 Å². The minimum atomic E-state index is -0.665. The third-order valence-corrected chi connectivity index (χ3v) is 6.15. The summed E-state index contributed by atoms with van der Waals surface area (Å²) in [6, 6.07) is 12.1. The zero-order valence-corrected chi connectivity index (χ0v) is 19.4. The van der Waals surface area contributed by atoms with Crippen LogP contribution in [-0.4, -0.2) is 55.5 Å². The van der Waals surface area contributed by atoms with Gasteiger partial charge in [0.1, 0.15) is 0 Å². The van der Waals surface area contributed by atoms with Crippen LogP contribution in [0.1, 0.15) is 40.0 Å². The highest BCUT2D eigenvalue weighted by Gasteiger charge is 2.39. The van der Waals surface area contributed by atoms with Crippen LogP contribution in [0.15, 0.2) is 53.0 Å². The number of amides is 2. The maximum Gasteiger partial charge on any atom is 0.338 e. The molecule has 33 heavy (non-hydrogen) atoms. The monoisotopic (exact) mass is 514 g/mol. The summed E-state index contributed by atoms with van der Waals surface area (Å²) in [5.74, 6) is -1.61. The zero-order valence-electron chi connectivity index (χ0n) is 17.8. The number of halogens is 1. The van der Waals surface area contributed by atoms with E-state index in [1.165, 1.54) is 24.3 Å². The highest BCUT2D eigenvalue weighted by molar-refractivity contribution is 9.10. The van der Waals surface area contributed by atoms with Crippen molar-refractivity contribution in [3.8, 4) is 0 Å². The number of nitrogens with one attached hydrogen (secondary N) is 1. The molecule has 2 aliphatic rings. The van der Waals surface area contributed by atoms with Crippen molar-refractivity contribution >= 4 is 45.2 Å². The number of rotatable bonds is 8. The van der Waals surface area contributed by atoms with Crippen LogP contribution in [0, 0.1) is 0 Å². The summed E-state index contributed by atoms with van der Waals surface area (Å²) in [5.41, 5.74) is 1.04. The largest absolute Gasteiger partial charge is 0.454 e. The number of carbonyl (C=O) groups excluding carboxylic acids is 4. The lowest BCUT2D eigenvalue weighted by atomic mass is 10.1. The van der Waals surface area contributed by atoms with E-state index in [-0.39, 0.29) is 42.3 Å². The van der Waals surface area contributed by atoms with E-state index < -0.39 is 12.0 Å². The molecule has 4 rings (SSSR count). The molecule has 0 bridgehead atoms. The van der Waals surface area contributed by atoms with E-state index in [2.05, 4.69) is 21.2 Å². The molecule has 9 heteroatoms. The van der Waals surface area contributed by atoms with Gasteiger partial charge in [0.05, 0.1) is 29.8 Å². The molecule has 0 aromatic heterocycles. The molecule has 2 aliphatic heterocycles. The third kappa shape index (κ3) is 5.55. The number of hydrogen-bond acceptors (Lipinski definition) is 7. The Morgan fingerprint density at radius 3 is 2.42 bits per heavy atom. The van der Waals surface area contributed by atoms with Crippen LogP contribution in [-0.2, 0) is 19.1 Å². The van der Waals surface area contributed by atoms with Crippen molar-refractivity contribution in [2.45, 2.75) is 31.4 Å². The summed E-state index contributed by atoms with van der Waals surface area (Å²) in [6.45, 7) is 0.869. The van der Waals surface area contributed by atoms with E-state index in [0.717, 1.165) is 28.8 Å². The van der Waals surface area contributed by atoms with Crippen molar-refractivity contribution in [1.82, 2.24) is 5.32 Å². The van der Waals surface area contributed by atoms with Crippen molar-refractivity contribution in [3.63, 3.8) is 0 Å². The van der Waals surface area contributed by atoms with Crippen LogP contribution in [0.25, 0.3) is 0 Å². The van der Waals surface area contributed by atoms with Crippen molar-refractivity contribution in [1.29, 1.82) is 0 Å². The van der Waals surface area contributed by atoms with E-state index in [4.69, 9.17) is 9.47 Å². The smallest absolute Gasteiger partial charge is 0.338 e. The number of benzene rings is 2. The fourth-order valence-corrected chi connectivity index (χ4v) is 4.09. The van der Waals surface area contributed by atoms with Gasteiger partial charge in [-0.3, -0.25) is 14.4 Å². The SMILES string of the molecule is O=C(COC(=O)c1ccc(N2C(=O)CC(NCC3CCCO3)C2=O)cc1)c1ccc(Br)cc1. The Bertz CT molecular complexity index is 1050. The van der Waals surface area contributed by atoms with Crippen LogP contribution < -0.4 is 10.2 Å². The Morgan fingerprint density at radius 2 is 1.76 bits per heavy atom. The van der Waals surface area contributed by atoms with E-state index in [0.29, 0.717) is 17.8 Å². The molecule has 2 amide bonds. The molecule has 1 N–H and O–H groups in total. The summed E-state index contributed by atoms with van der Waals surface area (Å²) in [7, 11) is 0. The van der Waals surface area contributed by atoms with Gasteiger partial charge in [0.25, 0.3) is 5.91 Å². The van der Waals surface area contributed by atoms with Gasteiger partial charge in [0, 0.05) is 23.2 Å². The van der Waals surface area contributed by atoms with E-state index in [1.807, 2.05) is 0 Å². The first-order valence-corrected chi connectivity index (χ1v) is 11.5. The molecule has 0 radical (unpaired) electrons. The summed E-state index contributed by atoms with van der Waals surface area (Å²) in [5, 5.41) is 3.13. The lowest BCUT2D eigenvalue weighted by Crippen LogP contribution is -2.41. The minimum absolute atomic E-state index is 0.0721. The van der Waals surface area contributed by atoms with Crippen LogP contribution in [0.5, 0.6) is 0 Å². The number of esters is 1. The Balaban J connectivity index is 1.32. The summed E-state index contributed by atoms with van der Waals surface area (Å²) in [4.78, 5) is 50.8. The van der Waals surface area contributed by atoms with E-state index in [9.17, 15) is 19.2 Å². The second-order valence-corrected chi connectivity index (χ2v) is 8.84. The number of anilines is 1. The molecule has 8 nitrogen and oxygen atoms in total. The standard InChI is InChI=1S/C24H23BrN2O6/c25-17-7-3-15(4-8-17)21(28)14-33-24(31)16-5-9-18(10-6-16)27-22(29)12-20(23(27)30)26-13-19-2-1-11-32-19/h3-10,19-20,26H,1-2,11-14H2. The first-order valence-electron chi connectivity index (χ1n) is 10.7. The fourth-order valence-electron chi connectivity index (χ4n) is 3.82. The van der Waals surface area contributed by atoms with Crippen molar-refractivity contribution in [2.75, 3.05) is 24.7 Å². The zero-order chi connectivity index (χ0) is 23.4. The predicted molar refractivity (Wildman–Crippen MR) is 123 cm³/mol. The highest BCUT2D eigenvalue weighted by atomic mass is 79.9. The van der Waals surface area contributed by atoms with Crippen molar-refractivity contribution < 1.29 is 28.7 Å². The third-order valence-electron chi connectivity index (χ3n) is 5.62. The van der Waals surface area contributed by atoms with Gasteiger partial charge in [-0.15, -0.1) is 0 Å². The van der Waals surface area contributed by atoms with E-state index in [1.54, 1.807) is 24.3 Å². The van der Waals surface area contributed by atoms with Crippen LogP contribution >= 0.6 is 15.9 Å². The van der Waals surface area contributed by atoms with Gasteiger partial charge in [-0.1, -0.05) is 28.1 Å². The molecule has 0 spiro atoms. The molecule has 172 valence electrons. The second-order valence-electron chi connectivity index (χ2n) is 7.92. The number of carbonyl (C=O) groups is 4. The van der Waals surface area contributed by atoms with Gasteiger partial charge < -0.3 is 14.8 Å². The molecule has 2 saturated heterocycles. The molecular formula is C24H23BrN2O6. The number of ketones is 1. The summed E-state index contributed by atoms with van der Waals surface area (Å²) >= 11 is 3.30. The van der Waals surface area contributed by atoms with Crippen molar-refractivity contribution in [2.24, 2.45) is 0 Å². The minimum Gasteiger partial charge on any atom is -0.454 e. The molecule has 0 saturated carbocycles. The molecule has 0 aliphatic carbocycles. The molecule has 2 aromatic carbocycles. The van der Waals surface area contributed by atoms with Crippen LogP contribution in [0.4, 0.5) is 5.69 Å². The first kappa shape index (κ1) is 23.3. The number of Topliss-reactive ketones (excluding diaryl/α,β-unsaturated/α-hetero) is 1. The van der Waals surface area contributed by atoms with Crippen LogP contribution in [0.3, 0.4) is 0 Å².